The van der Waals surface area contributed by atoms with Crippen molar-refractivity contribution in [2.45, 2.75) is 87.6 Å². The quantitative estimate of drug-likeness (QED) is 0.246. The topological polar surface area (TPSA) is 134 Å². The Morgan fingerprint density at radius 3 is 2.42 bits per heavy atom. The second-order valence-electron chi connectivity index (χ2n) is 10.6. The Bertz CT molecular complexity index is 1570. The molecule has 0 bridgehead atoms. The molecule has 1 aromatic carbocycles. The number of rotatable bonds is 12. The predicted octanol–water partition coefficient (Wildman–Crippen LogP) is 3.85. The maximum absolute atomic E-state index is 13.9. The molecule has 11 nitrogen and oxygen atoms in total. The maximum Gasteiger partial charge on any atom is 0.427 e. The first-order valence-corrected chi connectivity index (χ1v) is 16.3. The molecule has 1 aliphatic carbocycles. The van der Waals surface area contributed by atoms with E-state index in [0.717, 1.165) is 15.2 Å². The summed E-state index contributed by atoms with van der Waals surface area (Å²) in [7, 11) is -8.16. The van der Waals surface area contributed by atoms with Gasteiger partial charge in [0.15, 0.2) is 14.7 Å². The lowest BCUT2D eigenvalue weighted by Gasteiger charge is -2.35. The van der Waals surface area contributed by atoms with Crippen LogP contribution in [0.1, 0.15) is 45.6 Å². The number of carbonyl (C=O) groups is 1. The number of esters is 1. The molecular weight excluding hydrogens is 629 g/mol. The van der Waals surface area contributed by atoms with Crippen LogP contribution in [0.4, 0.5) is 27.6 Å². The zero-order valence-corrected chi connectivity index (χ0v) is 24.9. The number of nitrogens with zero attached hydrogens (tertiary/aromatic N) is 3. The fourth-order valence-electron chi connectivity index (χ4n) is 4.29. The number of ether oxygens (including phenoxy) is 3. The Morgan fingerprint density at radius 1 is 1.16 bits per heavy atom. The van der Waals surface area contributed by atoms with E-state index in [1.165, 1.54) is 18.2 Å². The first kappa shape index (κ1) is 32.8. The molecule has 240 valence electrons. The van der Waals surface area contributed by atoms with Crippen LogP contribution in [-0.4, -0.2) is 74.6 Å². The normalized spacial score (nSPS) is 17.9. The van der Waals surface area contributed by atoms with Crippen LogP contribution in [0.5, 0.6) is 11.6 Å². The molecule has 1 fully saturated rings. The Hall–Kier alpha value is -3.15. The summed E-state index contributed by atoms with van der Waals surface area (Å²) in [5, 5.41) is 3.30. The molecule has 1 atom stereocenters. The van der Waals surface area contributed by atoms with Crippen molar-refractivity contribution >= 4 is 31.5 Å². The first-order chi connectivity index (χ1) is 19.8. The van der Waals surface area contributed by atoms with E-state index in [2.05, 4.69) is 14.6 Å². The smallest absolute Gasteiger partial charge is 0.427 e. The van der Waals surface area contributed by atoms with Crippen LogP contribution in [0.2, 0.25) is 0 Å². The van der Waals surface area contributed by atoms with E-state index >= 15 is 0 Å². The molecule has 0 saturated heterocycles. The molecule has 2 heterocycles. The number of hydrogen-bond acceptors (Lipinski definition) is 9. The zero-order chi connectivity index (χ0) is 32.0. The van der Waals surface area contributed by atoms with E-state index < -0.39 is 79.3 Å². The highest BCUT2D eigenvalue weighted by atomic mass is 32.2. The summed E-state index contributed by atoms with van der Waals surface area (Å²) in [6, 6.07) is 3.78. The number of aryl methyl sites for hydroxylation is 1. The van der Waals surface area contributed by atoms with E-state index in [0.29, 0.717) is 26.7 Å². The van der Waals surface area contributed by atoms with E-state index in [4.69, 9.17) is 4.74 Å². The lowest BCUT2D eigenvalue weighted by Crippen LogP contribution is -2.44. The summed E-state index contributed by atoms with van der Waals surface area (Å²) < 4.78 is 135. The van der Waals surface area contributed by atoms with Gasteiger partial charge in [0.2, 0.25) is 5.60 Å². The van der Waals surface area contributed by atoms with Crippen molar-refractivity contribution in [1.29, 1.82) is 0 Å². The molecule has 18 heteroatoms. The molecule has 2 aromatic rings. The highest BCUT2D eigenvalue weighted by Crippen LogP contribution is 2.41. The average Bonchev–Trinajstić information content (AvgIpc) is 3.67. The second-order valence-corrected chi connectivity index (χ2v) is 14.9. The minimum atomic E-state index is -4.85. The van der Waals surface area contributed by atoms with Gasteiger partial charge in [0, 0.05) is 12.7 Å². The van der Waals surface area contributed by atoms with Crippen LogP contribution < -0.4 is 13.8 Å². The Kier molecular flexibility index (Phi) is 8.94. The largest absolute Gasteiger partial charge is 0.486 e. The van der Waals surface area contributed by atoms with Crippen molar-refractivity contribution in [1.82, 2.24) is 9.78 Å². The van der Waals surface area contributed by atoms with Crippen LogP contribution in [0, 0.1) is 0 Å². The van der Waals surface area contributed by atoms with Gasteiger partial charge in [-0.25, -0.2) is 16.8 Å². The number of carbonyl (C=O) groups excluding carboxylic acids is 1. The van der Waals surface area contributed by atoms with Gasteiger partial charge < -0.3 is 14.2 Å². The van der Waals surface area contributed by atoms with Crippen molar-refractivity contribution in [3.05, 3.63) is 30.0 Å². The number of aromatic nitrogens is 2. The van der Waals surface area contributed by atoms with Crippen LogP contribution >= 0.6 is 0 Å². The molecule has 0 unspecified atom stereocenters. The average molecular weight is 660 g/mol. The number of sulfonamides is 1. The molecule has 2 aliphatic rings. The van der Waals surface area contributed by atoms with Crippen LogP contribution in [0.3, 0.4) is 0 Å². The van der Waals surface area contributed by atoms with Crippen molar-refractivity contribution in [2.75, 3.05) is 16.6 Å². The van der Waals surface area contributed by atoms with Gasteiger partial charge in [0.25, 0.3) is 15.9 Å². The molecule has 4 rings (SSSR count). The summed E-state index contributed by atoms with van der Waals surface area (Å²) in [6.45, 7) is -0.795. The molecule has 1 aliphatic heterocycles. The standard InChI is InChI=1S/C25H30F5N3O8S2/c1-4-32-14-20(22(31-32)40-23(26)27)43(37,38)33-13-16(9-10-42(35,36)17-6-7-17)39-19-8-5-15(11-18(19)33)12-21(34)41-24(2,3)25(28,29)30/h5,8,11,14,16-17,23H,4,6-7,9-10,12-13H2,1-3H3/t16-/m0/s1. The zero-order valence-electron chi connectivity index (χ0n) is 23.3. The van der Waals surface area contributed by atoms with Crippen molar-refractivity contribution in [2.24, 2.45) is 0 Å². The van der Waals surface area contributed by atoms with Gasteiger partial charge in [0.1, 0.15) is 11.9 Å². The summed E-state index contributed by atoms with van der Waals surface area (Å²) in [4.78, 5) is 11.7. The molecule has 1 aromatic heterocycles. The van der Waals surface area contributed by atoms with Gasteiger partial charge >= 0.3 is 18.8 Å². The third-order valence-corrected chi connectivity index (χ3v) is 11.0. The number of anilines is 1. The summed E-state index contributed by atoms with van der Waals surface area (Å²) >= 11 is 0. The van der Waals surface area contributed by atoms with E-state index in [-0.39, 0.29) is 35.7 Å². The van der Waals surface area contributed by atoms with E-state index in [1.54, 1.807) is 6.92 Å². The third kappa shape index (κ3) is 7.33. The lowest BCUT2D eigenvalue weighted by atomic mass is 10.1. The van der Waals surface area contributed by atoms with Crippen LogP contribution in [0.25, 0.3) is 0 Å². The Balaban J connectivity index is 1.69. The minimum Gasteiger partial charge on any atom is -0.486 e. The number of hydrogen-bond donors (Lipinski definition) is 0. The van der Waals surface area contributed by atoms with Crippen LogP contribution in [0.15, 0.2) is 29.3 Å². The van der Waals surface area contributed by atoms with Gasteiger partial charge in [0.05, 0.1) is 29.7 Å². The highest BCUT2D eigenvalue weighted by Gasteiger charge is 2.51. The Morgan fingerprint density at radius 2 is 1.84 bits per heavy atom. The minimum absolute atomic E-state index is 0.0457. The maximum atomic E-state index is 13.9. The molecular formula is C25H30F5N3O8S2. The molecule has 1 saturated carbocycles. The number of fused-ring (bicyclic) bond motifs is 1. The second kappa shape index (κ2) is 11.7. The van der Waals surface area contributed by atoms with E-state index in [1.807, 2.05) is 0 Å². The number of alkyl halides is 5. The summed E-state index contributed by atoms with van der Waals surface area (Å²) in [6.07, 6.45) is -4.50. The molecule has 0 amide bonds. The fraction of sp³-hybridized carbons (Fsp3) is 0.600. The third-order valence-electron chi connectivity index (χ3n) is 6.90. The lowest BCUT2D eigenvalue weighted by molar-refractivity contribution is -0.257. The number of sulfone groups is 1. The summed E-state index contributed by atoms with van der Waals surface area (Å²) in [5.41, 5.74) is -2.88. The first-order valence-electron chi connectivity index (χ1n) is 13.2. The van der Waals surface area contributed by atoms with Crippen molar-refractivity contribution in [3.8, 4) is 11.6 Å². The van der Waals surface area contributed by atoms with Gasteiger partial charge in [-0.2, -0.15) is 22.0 Å². The molecule has 0 spiro atoms. The Labute approximate surface area is 244 Å². The SMILES string of the molecule is CCn1cc(S(=O)(=O)N2C[C@H](CCS(=O)(=O)C3CC3)Oc3ccc(CC(=O)OC(C)(C)C(F)(F)F)cc32)c(OC(F)F)n1. The van der Waals surface area contributed by atoms with Gasteiger partial charge in [-0.05, 0) is 57.7 Å². The molecule has 43 heavy (non-hydrogen) atoms. The molecule has 0 N–H and O–H groups in total. The number of halogens is 5. The highest BCUT2D eigenvalue weighted by molar-refractivity contribution is 7.93. The van der Waals surface area contributed by atoms with Gasteiger partial charge in [-0.3, -0.25) is 13.8 Å². The predicted molar refractivity (Wildman–Crippen MR) is 141 cm³/mol. The molecule has 0 radical (unpaired) electrons. The van der Waals surface area contributed by atoms with Gasteiger partial charge in [-0.1, -0.05) is 6.07 Å². The summed E-state index contributed by atoms with van der Waals surface area (Å²) in [5.74, 6) is -2.44. The van der Waals surface area contributed by atoms with Gasteiger partial charge in [-0.15, -0.1) is 5.10 Å². The van der Waals surface area contributed by atoms with Crippen LogP contribution in [-0.2, 0) is 42.4 Å². The van der Waals surface area contributed by atoms with Crippen molar-refractivity contribution in [3.63, 3.8) is 0 Å². The fourth-order valence-corrected chi connectivity index (χ4v) is 7.63. The number of benzene rings is 1. The van der Waals surface area contributed by atoms with Crippen molar-refractivity contribution < 1.29 is 57.8 Å². The van der Waals surface area contributed by atoms with E-state index in [9.17, 15) is 43.6 Å². The monoisotopic (exact) mass is 659 g/mol.